The second-order valence-corrected chi connectivity index (χ2v) is 31.3. The molecule has 0 spiro atoms. The Hall–Kier alpha value is -14.7. The number of rotatable bonds is 14. The maximum Gasteiger partial charge on any atom is 0.160 e. The number of pyridine rings is 1. The van der Waals surface area contributed by atoms with Crippen molar-refractivity contribution in [3.8, 4) is 144 Å². The van der Waals surface area contributed by atoms with Gasteiger partial charge in [0.05, 0.1) is 44.8 Å². The first kappa shape index (κ1) is 69.2. The molecule has 0 bridgehead atoms. The first-order valence-electron chi connectivity index (χ1n) is 39.3. The molecule has 6 heterocycles. The molecule has 16 aromatic carbocycles. The first-order chi connectivity index (χ1) is 57.5. The van der Waals surface area contributed by atoms with Crippen LogP contribution >= 0.6 is 22.7 Å². The highest BCUT2D eigenvalue weighted by Gasteiger charge is 2.25. The largest absolute Gasteiger partial charge is 0.309 e. The molecule has 5 nitrogen and oxygen atoms in total. The smallest absolute Gasteiger partial charge is 0.160 e. The normalized spacial score (nSPS) is 11.4. The molecule has 0 aliphatic heterocycles. The van der Waals surface area contributed by atoms with E-state index in [0.717, 1.165) is 78.6 Å². The molecular weight excluding hydrogens is 1440 g/mol. The van der Waals surface area contributed by atoms with Gasteiger partial charge in [0.2, 0.25) is 0 Å². The Kier molecular flexibility index (Phi) is 17.9. The minimum Gasteiger partial charge on any atom is -0.309 e. The van der Waals surface area contributed by atoms with Crippen LogP contribution in [0.15, 0.2) is 431 Å². The van der Waals surface area contributed by atoms with E-state index in [9.17, 15) is 0 Å². The molecule has 0 aliphatic carbocycles. The monoisotopic (exact) mass is 1510 g/mol. The summed E-state index contributed by atoms with van der Waals surface area (Å²) >= 11 is 3.79. The maximum absolute atomic E-state index is 5.32. The Morgan fingerprint density at radius 2 is 0.483 bits per heavy atom. The zero-order valence-electron chi connectivity index (χ0n) is 63.0. The third kappa shape index (κ3) is 12.8. The third-order valence-electron chi connectivity index (χ3n) is 22.2. The molecule has 7 heteroatoms. The van der Waals surface area contributed by atoms with E-state index in [1.165, 1.54) is 124 Å². The van der Waals surface area contributed by atoms with Crippen LogP contribution in [0, 0.1) is 0 Å². The Balaban J connectivity index is 0.000000145. The van der Waals surface area contributed by atoms with E-state index < -0.39 is 0 Å². The fourth-order valence-electron chi connectivity index (χ4n) is 16.8. The molecule has 0 saturated heterocycles. The molecule has 22 aromatic rings. The van der Waals surface area contributed by atoms with Gasteiger partial charge in [0.25, 0.3) is 0 Å². The van der Waals surface area contributed by atoms with Crippen LogP contribution in [0.1, 0.15) is 0 Å². The number of hydrogen-bond donors (Lipinski definition) is 0. The van der Waals surface area contributed by atoms with E-state index in [-0.39, 0.29) is 0 Å². The number of nitrogens with zero attached hydrogens (tertiary/aromatic N) is 5. The van der Waals surface area contributed by atoms with Crippen LogP contribution in [-0.4, -0.2) is 24.1 Å². The number of hydrogen-bond acceptors (Lipinski definition) is 5. The Labute approximate surface area is 680 Å². The Bertz CT molecular complexity index is 6920. The van der Waals surface area contributed by atoms with Crippen LogP contribution in [0.2, 0.25) is 0 Å². The molecule has 6 aromatic heterocycles. The summed E-state index contributed by atoms with van der Waals surface area (Å²) in [4.78, 5) is 18.3. The number of para-hydroxylation sites is 2. The van der Waals surface area contributed by atoms with Crippen LogP contribution in [0.25, 0.3) is 208 Å². The van der Waals surface area contributed by atoms with E-state index in [1.54, 1.807) is 0 Å². The van der Waals surface area contributed by atoms with Crippen LogP contribution in [0.4, 0.5) is 0 Å². The van der Waals surface area contributed by atoms with Gasteiger partial charge in [0, 0.05) is 102 Å². The highest BCUT2D eigenvalue weighted by atomic mass is 32.1. The van der Waals surface area contributed by atoms with Crippen molar-refractivity contribution in [1.29, 1.82) is 0 Å². The van der Waals surface area contributed by atoms with E-state index in [2.05, 4.69) is 428 Å². The van der Waals surface area contributed by atoms with E-state index in [1.807, 2.05) is 34.8 Å². The van der Waals surface area contributed by atoms with Gasteiger partial charge in [-0.05, 0) is 122 Å². The number of thiophene rings is 2. The number of aromatic nitrogens is 5. The molecular formula is C109H71N5S2. The lowest BCUT2D eigenvalue weighted by atomic mass is 9.97. The van der Waals surface area contributed by atoms with Crippen molar-refractivity contribution in [3.05, 3.63) is 431 Å². The minimum absolute atomic E-state index is 0.687. The lowest BCUT2D eigenvalue weighted by molar-refractivity contribution is 1.16. The topological polar surface area (TPSA) is 48.5 Å². The molecule has 0 aliphatic rings. The Morgan fingerprint density at radius 1 is 0.181 bits per heavy atom. The van der Waals surface area contributed by atoms with Gasteiger partial charge in [0.1, 0.15) is 0 Å². The summed E-state index contributed by atoms with van der Waals surface area (Å²) in [5.41, 5.74) is 30.3. The Morgan fingerprint density at radius 3 is 0.905 bits per heavy atom. The second kappa shape index (κ2) is 30.1. The van der Waals surface area contributed by atoms with Crippen LogP contribution in [-0.2, 0) is 0 Å². The van der Waals surface area contributed by atoms with Crippen molar-refractivity contribution < 1.29 is 0 Å². The molecule has 0 saturated carbocycles. The van der Waals surface area contributed by atoms with Crippen LogP contribution in [0.5, 0.6) is 0 Å². The highest BCUT2D eigenvalue weighted by Crippen LogP contribution is 2.52. The molecule has 0 atom stereocenters. The van der Waals surface area contributed by atoms with Crippen molar-refractivity contribution in [1.82, 2.24) is 24.1 Å². The first-order valence-corrected chi connectivity index (χ1v) is 40.9. The van der Waals surface area contributed by atoms with Crippen molar-refractivity contribution >= 4 is 86.5 Å². The predicted molar refractivity (Wildman–Crippen MR) is 491 cm³/mol. The zero-order chi connectivity index (χ0) is 76.8. The minimum atomic E-state index is 0.687. The molecule has 544 valence electrons. The summed E-state index contributed by atoms with van der Waals surface area (Å²) in [6.45, 7) is 0. The van der Waals surface area contributed by atoms with Gasteiger partial charge in [0.15, 0.2) is 5.82 Å². The SMILES string of the molecule is c1ccc(-c2ccc(-c3cc(-c4ccccc4)nc(-c4cccc(-n5c6ccccc6c6c7sc(-c8ccccc8)c(-c8ccccc8)c7ccc65)c4)c3)cc2)cc1.c1ccc(-c2ccc(-c3cc(-c4ccccc4)nc(-c4cccc(-n5c6ccccc6c6c7sc(-c8ccccc8)c(-c8ccccc8)c7ccc65)c4)n3)cc2)cc1. The summed E-state index contributed by atoms with van der Waals surface area (Å²) in [5, 5.41) is 7.59. The van der Waals surface area contributed by atoms with Gasteiger partial charge in [-0.2, -0.15) is 0 Å². The van der Waals surface area contributed by atoms with E-state index in [4.69, 9.17) is 15.0 Å². The third-order valence-corrected chi connectivity index (χ3v) is 24.8. The summed E-state index contributed by atoms with van der Waals surface area (Å²) in [6, 6.07) is 154. The van der Waals surface area contributed by atoms with E-state index in [0.29, 0.717) is 5.82 Å². The molecule has 0 amide bonds. The van der Waals surface area contributed by atoms with Crippen molar-refractivity contribution in [2.24, 2.45) is 0 Å². The quantitative estimate of drug-likeness (QED) is 0.109. The summed E-state index contributed by atoms with van der Waals surface area (Å²) < 4.78 is 7.44. The summed E-state index contributed by atoms with van der Waals surface area (Å²) in [6.07, 6.45) is 0. The van der Waals surface area contributed by atoms with Gasteiger partial charge in [-0.3, -0.25) is 0 Å². The van der Waals surface area contributed by atoms with Gasteiger partial charge in [-0.1, -0.05) is 364 Å². The highest BCUT2D eigenvalue weighted by molar-refractivity contribution is 7.24. The van der Waals surface area contributed by atoms with Gasteiger partial charge >= 0.3 is 0 Å². The van der Waals surface area contributed by atoms with Crippen LogP contribution < -0.4 is 0 Å². The van der Waals surface area contributed by atoms with Gasteiger partial charge in [-0.25, -0.2) is 15.0 Å². The molecule has 22 rings (SSSR count). The molecule has 0 fully saturated rings. The number of fused-ring (bicyclic) bond motifs is 10. The van der Waals surface area contributed by atoms with Crippen molar-refractivity contribution in [3.63, 3.8) is 0 Å². The van der Waals surface area contributed by atoms with Gasteiger partial charge < -0.3 is 9.13 Å². The lowest BCUT2D eigenvalue weighted by Gasteiger charge is -2.13. The average Bonchev–Trinajstić information content (AvgIpc) is 1.56. The standard InChI is InChI=1S/C55H36N2S.C54H35N3S/c1-5-16-37(17-6-1)38-28-30-39(31-29-38)44-35-48(40-18-7-2-8-19-40)56-49(36-44)43-24-15-25-45(34-43)57-50-27-14-13-26-46(50)53-51(57)33-32-47-52(41-20-9-3-10-21-41)54(58-55(47)53)42-22-11-4-12-23-42;1-5-16-36(17-6-1)37-28-30-39(31-29-37)47-35-46(38-18-7-2-8-19-38)55-54(56-47)42-24-15-25-43(34-42)57-48-27-14-13-26-44(48)51-49(57)33-32-45-50(40-20-9-3-10-21-40)52(58-53(45)51)41-22-11-4-12-23-41/h1-36H;1-35H. The predicted octanol–water partition coefficient (Wildman–Crippen LogP) is 30.2. The van der Waals surface area contributed by atoms with Crippen molar-refractivity contribution in [2.45, 2.75) is 0 Å². The lowest BCUT2D eigenvalue weighted by Crippen LogP contribution is -1.98. The fourth-order valence-corrected chi connectivity index (χ4v) is 19.5. The fraction of sp³-hybridized carbons (Fsp3) is 0. The molecule has 0 unspecified atom stereocenters. The zero-order valence-corrected chi connectivity index (χ0v) is 64.7. The summed E-state index contributed by atoms with van der Waals surface area (Å²) in [5.74, 6) is 0.687. The maximum atomic E-state index is 5.32. The number of benzene rings is 16. The van der Waals surface area contributed by atoms with Crippen LogP contribution in [0.3, 0.4) is 0 Å². The van der Waals surface area contributed by atoms with Gasteiger partial charge in [-0.15, -0.1) is 22.7 Å². The van der Waals surface area contributed by atoms with E-state index >= 15 is 0 Å². The van der Waals surface area contributed by atoms with Crippen molar-refractivity contribution in [2.75, 3.05) is 0 Å². The second-order valence-electron chi connectivity index (χ2n) is 29.3. The molecule has 0 N–H and O–H groups in total. The molecule has 116 heavy (non-hydrogen) atoms. The molecule has 0 radical (unpaired) electrons. The summed E-state index contributed by atoms with van der Waals surface area (Å²) in [7, 11) is 0. The average molecular weight is 1510 g/mol.